The summed E-state index contributed by atoms with van der Waals surface area (Å²) in [5.41, 5.74) is 0. The van der Waals surface area contributed by atoms with Gasteiger partial charge in [0.25, 0.3) is 0 Å². The molecule has 2 nitrogen and oxygen atoms in total. The smallest absolute Gasteiger partial charge is 0.198 e. The highest BCUT2D eigenvalue weighted by Gasteiger charge is 1.91. The van der Waals surface area contributed by atoms with Gasteiger partial charge in [0.15, 0.2) is 6.29 Å². The third-order valence-electron chi connectivity index (χ3n) is 3.60. The summed E-state index contributed by atoms with van der Waals surface area (Å²) in [6, 6.07) is 0. The summed E-state index contributed by atoms with van der Waals surface area (Å²) >= 11 is 0. The molecule has 0 rings (SSSR count). The Balaban J connectivity index is 3.03. The highest BCUT2D eigenvalue weighted by atomic mass is 16.2. The summed E-state index contributed by atoms with van der Waals surface area (Å²) in [6.45, 7) is 0.346. The maximum absolute atomic E-state index is 10.0. The molecule has 0 aromatic carbocycles. The summed E-state index contributed by atoms with van der Waals surface area (Å²) in [5, 5.41) is 8.66. The van der Waals surface area contributed by atoms with Gasteiger partial charge < -0.3 is 5.11 Å². The van der Waals surface area contributed by atoms with E-state index in [-0.39, 0.29) is 0 Å². The second kappa shape index (κ2) is 18.4. The first-order valence-electron chi connectivity index (χ1n) is 8.52. The summed E-state index contributed by atoms with van der Waals surface area (Å²) in [4.78, 5) is 10.0. The van der Waals surface area contributed by atoms with Gasteiger partial charge in [-0.3, -0.25) is 4.79 Å². The lowest BCUT2D eigenvalue weighted by atomic mass is 10.1. The Morgan fingerprint density at radius 3 is 1.60 bits per heavy atom. The zero-order valence-corrected chi connectivity index (χ0v) is 13.1. The van der Waals surface area contributed by atoms with Crippen LogP contribution in [-0.4, -0.2) is 18.0 Å². The molecule has 1 radical (unpaired) electrons. The van der Waals surface area contributed by atoms with Crippen molar-refractivity contribution in [3.63, 3.8) is 0 Å². The first-order chi connectivity index (χ1) is 9.91. The molecule has 0 unspecified atom stereocenters. The van der Waals surface area contributed by atoms with Gasteiger partial charge in [-0.15, -0.1) is 0 Å². The van der Waals surface area contributed by atoms with Gasteiger partial charge >= 0.3 is 0 Å². The van der Waals surface area contributed by atoms with E-state index in [9.17, 15) is 4.79 Å². The van der Waals surface area contributed by atoms with Gasteiger partial charge in [-0.2, -0.15) is 0 Å². The Hall–Kier alpha value is -0.630. The minimum Gasteiger partial charge on any atom is -0.396 e. The van der Waals surface area contributed by atoms with Crippen LogP contribution in [0.5, 0.6) is 0 Å². The summed E-state index contributed by atoms with van der Waals surface area (Å²) in [5.74, 6) is 0. The fourth-order valence-corrected chi connectivity index (χ4v) is 2.31. The number of hydrogen-bond acceptors (Lipinski definition) is 2. The zero-order chi connectivity index (χ0) is 14.7. The van der Waals surface area contributed by atoms with Gasteiger partial charge in [-0.05, 0) is 38.5 Å². The Labute approximate surface area is 125 Å². The fourth-order valence-electron chi connectivity index (χ4n) is 2.31. The minimum absolute atomic E-state index is 0.346. The van der Waals surface area contributed by atoms with Crippen LogP contribution in [0, 0.1) is 0 Å². The summed E-state index contributed by atoms with van der Waals surface area (Å²) in [6.07, 6.45) is 23.0. The second-order valence-corrected chi connectivity index (χ2v) is 5.56. The van der Waals surface area contributed by atoms with Gasteiger partial charge in [0.05, 0.1) is 0 Å². The first kappa shape index (κ1) is 19.4. The molecule has 0 aliphatic rings. The number of aliphatic hydroxyl groups excluding tert-OH is 1. The van der Waals surface area contributed by atoms with Crippen LogP contribution in [0.2, 0.25) is 0 Å². The van der Waals surface area contributed by atoms with E-state index in [1.807, 2.05) is 6.29 Å². The number of rotatable bonds is 16. The molecule has 0 aromatic heterocycles. The van der Waals surface area contributed by atoms with Crippen LogP contribution in [0.15, 0.2) is 12.2 Å². The molecule has 0 aromatic rings. The maximum Gasteiger partial charge on any atom is 0.198 e. The highest BCUT2D eigenvalue weighted by Crippen LogP contribution is 2.09. The zero-order valence-electron chi connectivity index (χ0n) is 13.1. The largest absolute Gasteiger partial charge is 0.396 e. The fraction of sp³-hybridized carbons (Fsp3) is 0.833. The van der Waals surface area contributed by atoms with E-state index in [4.69, 9.17) is 5.11 Å². The lowest BCUT2D eigenvalue weighted by Gasteiger charge is -1.99. The maximum atomic E-state index is 10.0. The van der Waals surface area contributed by atoms with Crippen LogP contribution in [0.3, 0.4) is 0 Å². The number of allylic oxidation sites excluding steroid dienone is 2. The standard InChI is InChI=1S/C18H33O2/c19-17-15-13-11-9-7-5-3-1-2-4-6-8-10-12-14-16-18-20/h1-2,19H,3-17H2/b2-1-. The van der Waals surface area contributed by atoms with E-state index < -0.39 is 0 Å². The number of carbonyl (C=O) groups excluding carboxylic acids is 1. The molecule has 0 amide bonds. The van der Waals surface area contributed by atoms with Crippen molar-refractivity contribution in [2.75, 3.05) is 6.61 Å². The minimum atomic E-state index is 0.346. The lowest BCUT2D eigenvalue weighted by molar-refractivity contribution is 0.282. The number of aliphatic hydroxyl groups is 1. The van der Waals surface area contributed by atoms with E-state index in [0.717, 1.165) is 12.8 Å². The third kappa shape index (κ3) is 17.4. The molecule has 2 heteroatoms. The monoisotopic (exact) mass is 281 g/mol. The van der Waals surface area contributed by atoms with Crippen LogP contribution in [-0.2, 0) is 4.79 Å². The third-order valence-corrected chi connectivity index (χ3v) is 3.60. The molecule has 1 N–H and O–H groups in total. The summed E-state index contributed by atoms with van der Waals surface area (Å²) < 4.78 is 0. The van der Waals surface area contributed by atoms with Gasteiger partial charge in [0.1, 0.15) is 0 Å². The molecule has 20 heavy (non-hydrogen) atoms. The molecule has 0 fully saturated rings. The average molecular weight is 281 g/mol. The molecule has 0 aliphatic heterocycles. The van der Waals surface area contributed by atoms with Crippen LogP contribution < -0.4 is 0 Å². The Bertz CT molecular complexity index is 211. The Morgan fingerprint density at radius 2 is 1.10 bits per heavy atom. The van der Waals surface area contributed by atoms with Crippen molar-refractivity contribution < 1.29 is 9.90 Å². The van der Waals surface area contributed by atoms with E-state index >= 15 is 0 Å². The van der Waals surface area contributed by atoms with E-state index in [2.05, 4.69) is 12.2 Å². The van der Waals surface area contributed by atoms with Crippen molar-refractivity contribution in [1.29, 1.82) is 0 Å². The van der Waals surface area contributed by atoms with Gasteiger partial charge in [0.2, 0.25) is 0 Å². The molecule has 0 atom stereocenters. The molecular weight excluding hydrogens is 248 g/mol. The predicted octanol–water partition coefficient (Wildman–Crippen LogP) is 5.11. The predicted molar refractivity (Wildman–Crippen MR) is 86.6 cm³/mol. The average Bonchev–Trinajstić information content (AvgIpc) is 2.47. The van der Waals surface area contributed by atoms with Crippen molar-refractivity contribution in [2.24, 2.45) is 0 Å². The van der Waals surface area contributed by atoms with Gasteiger partial charge in [-0.25, -0.2) is 0 Å². The van der Waals surface area contributed by atoms with Crippen molar-refractivity contribution in [3.05, 3.63) is 12.2 Å². The van der Waals surface area contributed by atoms with Crippen LogP contribution in [0.4, 0.5) is 0 Å². The molecule has 0 bridgehead atoms. The Morgan fingerprint density at radius 1 is 0.650 bits per heavy atom. The van der Waals surface area contributed by atoms with Crippen molar-refractivity contribution in [1.82, 2.24) is 0 Å². The quantitative estimate of drug-likeness (QED) is 0.315. The topological polar surface area (TPSA) is 37.3 Å². The van der Waals surface area contributed by atoms with Crippen molar-refractivity contribution in [2.45, 2.75) is 89.9 Å². The van der Waals surface area contributed by atoms with Crippen LogP contribution in [0.25, 0.3) is 0 Å². The van der Waals surface area contributed by atoms with Gasteiger partial charge in [0, 0.05) is 13.0 Å². The molecule has 0 spiro atoms. The van der Waals surface area contributed by atoms with Crippen LogP contribution in [0.1, 0.15) is 89.9 Å². The van der Waals surface area contributed by atoms with Gasteiger partial charge in [-0.1, -0.05) is 57.1 Å². The van der Waals surface area contributed by atoms with E-state index in [0.29, 0.717) is 13.0 Å². The number of hydrogen-bond donors (Lipinski definition) is 1. The van der Waals surface area contributed by atoms with Crippen molar-refractivity contribution >= 4 is 6.29 Å². The molecular formula is C18H33O2. The number of unbranched alkanes of at least 4 members (excludes halogenated alkanes) is 12. The Kier molecular flexibility index (Phi) is 17.8. The molecule has 0 aliphatic carbocycles. The van der Waals surface area contributed by atoms with Crippen LogP contribution >= 0.6 is 0 Å². The molecule has 0 saturated heterocycles. The van der Waals surface area contributed by atoms with E-state index in [1.54, 1.807) is 0 Å². The lowest BCUT2D eigenvalue weighted by Crippen LogP contribution is -1.83. The second-order valence-electron chi connectivity index (χ2n) is 5.56. The molecule has 117 valence electrons. The van der Waals surface area contributed by atoms with Crippen molar-refractivity contribution in [3.8, 4) is 0 Å². The SMILES string of the molecule is O=[C]CCCCCCC/C=C\CCCCCCCCO. The molecule has 0 saturated carbocycles. The molecule has 0 heterocycles. The normalized spacial score (nSPS) is 11.2. The van der Waals surface area contributed by atoms with E-state index in [1.165, 1.54) is 70.6 Å². The highest BCUT2D eigenvalue weighted by molar-refractivity contribution is 5.50. The first-order valence-corrected chi connectivity index (χ1v) is 8.52. The summed E-state index contributed by atoms with van der Waals surface area (Å²) in [7, 11) is 0.